The second-order valence-electron chi connectivity index (χ2n) is 13.2. The van der Waals surface area contributed by atoms with Crippen molar-refractivity contribution in [2.24, 2.45) is 17.8 Å². The largest absolute Gasteiger partial charge is 0.206 e. The van der Waals surface area contributed by atoms with Crippen molar-refractivity contribution < 1.29 is 13.2 Å². The van der Waals surface area contributed by atoms with Crippen molar-refractivity contribution >= 4 is 5.57 Å². The average molecular weight is 599 g/mol. The van der Waals surface area contributed by atoms with Crippen LogP contribution in [0.25, 0.3) is 27.8 Å². The van der Waals surface area contributed by atoms with Gasteiger partial charge in [0.05, 0.1) is 0 Å². The first-order valence-electron chi connectivity index (χ1n) is 17.2. The van der Waals surface area contributed by atoms with Crippen LogP contribution in [0.1, 0.15) is 108 Å². The highest BCUT2D eigenvalue weighted by molar-refractivity contribution is 5.74. The quantitative estimate of drug-likeness (QED) is 0.144. The molecule has 1 atom stereocenters. The molecular formula is C41H49F3. The minimum Gasteiger partial charge on any atom is -0.206 e. The van der Waals surface area contributed by atoms with Crippen LogP contribution in [0.3, 0.4) is 0 Å². The molecule has 0 nitrogen and oxygen atoms in total. The van der Waals surface area contributed by atoms with Gasteiger partial charge in [-0.15, -0.1) is 0 Å². The molecule has 0 radical (unpaired) electrons. The third-order valence-corrected chi connectivity index (χ3v) is 10.2. The minimum absolute atomic E-state index is 0.194. The number of allylic oxidation sites excluding steroid dienone is 4. The summed E-state index contributed by atoms with van der Waals surface area (Å²) in [6, 6.07) is 16.1. The molecule has 234 valence electrons. The van der Waals surface area contributed by atoms with E-state index in [1.165, 1.54) is 51.4 Å². The maximum absolute atomic E-state index is 15.4. The number of hydrogen-bond donors (Lipinski definition) is 0. The van der Waals surface area contributed by atoms with E-state index < -0.39 is 11.6 Å². The molecule has 0 aromatic heterocycles. The summed E-state index contributed by atoms with van der Waals surface area (Å²) >= 11 is 0. The summed E-state index contributed by atoms with van der Waals surface area (Å²) in [5, 5.41) is 0. The Morgan fingerprint density at radius 1 is 0.682 bits per heavy atom. The van der Waals surface area contributed by atoms with Crippen LogP contribution >= 0.6 is 0 Å². The lowest BCUT2D eigenvalue weighted by molar-refractivity contribution is 0.187. The molecule has 0 N–H and O–H groups in total. The summed E-state index contributed by atoms with van der Waals surface area (Å²) in [5.74, 6) is 0.705. The molecule has 0 heterocycles. The van der Waals surface area contributed by atoms with Crippen LogP contribution in [0.2, 0.25) is 0 Å². The fourth-order valence-corrected chi connectivity index (χ4v) is 7.42. The Hall–Kier alpha value is -3.07. The molecule has 44 heavy (non-hydrogen) atoms. The zero-order chi connectivity index (χ0) is 30.9. The molecule has 0 spiro atoms. The van der Waals surface area contributed by atoms with Gasteiger partial charge in [-0.3, -0.25) is 0 Å². The Morgan fingerprint density at radius 3 is 2.09 bits per heavy atom. The molecular weight excluding hydrogens is 549 g/mol. The van der Waals surface area contributed by atoms with Gasteiger partial charge < -0.3 is 0 Å². The topological polar surface area (TPSA) is 0 Å². The van der Waals surface area contributed by atoms with Gasteiger partial charge in [0.1, 0.15) is 5.82 Å². The van der Waals surface area contributed by atoms with Crippen molar-refractivity contribution in [3.05, 3.63) is 101 Å². The van der Waals surface area contributed by atoms with Gasteiger partial charge in [-0.1, -0.05) is 126 Å². The summed E-state index contributed by atoms with van der Waals surface area (Å²) in [5.41, 5.74) is 4.67. The molecule has 1 unspecified atom stereocenters. The summed E-state index contributed by atoms with van der Waals surface area (Å²) in [6.45, 7) is 4.37. The summed E-state index contributed by atoms with van der Waals surface area (Å²) < 4.78 is 45.1. The van der Waals surface area contributed by atoms with E-state index in [9.17, 15) is 8.78 Å². The van der Waals surface area contributed by atoms with Crippen LogP contribution in [-0.4, -0.2) is 0 Å². The number of rotatable bonds is 12. The highest BCUT2D eigenvalue weighted by Gasteiger charge is 2.29. The van der Waals surface area contributed by atoms with Crippen LogP contribution in [0.5, 0.6) is 0 Å². The fraction of sp³-hybridized carbons (Fsp3) is 0.463. The Morgan fingerprint density at radius 2 is 1.41 bits per heavy atom. The molecule has 3 aromatic carbocycles. The molecule has 3 aromatic rings. The first-order chi connectivity index (χ1) is 21.5. The first kappa shape index (κ1) is 32.3. The van der Waals surface area contributed by atoms with Crippen LogP contribution in [0.15, 0.2) is 72.8 Å². The lowest BCUT2D eigenvalue weighted by Crippen LogP contribution is -2.23. The van der Waals surface area contributed by atoms with Crippen molar-refractivity contribution in [2.75, 3.05) is 0 Å². The van der Waals surface area contributed by atoms with Crippen LogP contribution in [0, 0.1) is 35.2 Å². The van der Waals surface area contributed by atoms with E-state index in [-0.39, 0.29) is 11.4 Å². The normalized spacial score (nSPS) is 20.7. The van der Waals surface area contributed by atoms with Crippen molar-refractivity contribution in [1.29, 1.82) is 0 Å². The monoisotopic (exact) mass is 598 g/mol. The highest BCUT2D eigenvalue weighted by atomic mass is 19.2. The van der Waals surface area contributed by atoms with Gasteiger partial charge in [-0.2, -0.15) is 0 Å². The third-order valence-electron chi connectivity index (χ3n) is 10.2. The Balaban J connectivity index is 1.20. The van der Waals surface area contributed by atoms with Gasteiger partial charge in [0.25, 0.3) is 0 Å². The summed E-state index contributed by atoms with van der Waals surface area (Å²) in [4.78, 5) is 0. The standard InChI is InChI=1S/C41H49F3/c1-3-5-7-9-11-35-24-27-38(41(44)40(35)43)34-22-18-32(19-23-34)36-25-26-37(39(42)28-36)33-20-16-31(17-21-33)30-14-12-29(13-15-30)10-8-6-4-2/h7,9,18-20,22-31H,3-6,8,10-17,21H2,1-2H3. The van der Waals surface area contributed by atoms with Gasteiger partial charge in [-0.05, 0) is 96.6 Å². The summed E-state index contributed by atoms with van der Waals surface area (Å²) in [7, 11) is 0. The van der Waals surface area contributed by atoms with Crippen LogP contribution < -0.4 is 0 Å². The summed E-state index contributed by atoms with van der Waals surface area (Å²) in [6.07, 6.45) is 22.7. The van der Waals surface area contributed by atoms with Gasteiger partial charge >= 0.3 is 0 Å². The van der Waals surface area contributed by atoms with Gasteiger partial charge in [0.15, 0.2) is 11.6 Å². The van der Waals surface area contributed by atoms with E-state index in [1.54, 1.807) is 30.3 Å². The van der Waals surface area contributed by atoms with E-state index in [0.29, 0.717) is 23.1 Å². The lowest BCUT2D eigenvalue weighted by atomic mass is 9.70. The second kappa shape index (κ2) is 15.8. The molecule has 0 saturated heterocycles. The molecule has 1 saturated carbocycles. The molecule has 0 amide bonds. The van der Waals surface area contributed by atoms with E-state index in [1.807, 2.05) is 36.4 Å². The third kappa shape index (κ3) is 7.95. The number of benzene rings is 3. The molecule has 1 fully saturated rings. The lowest BCUT2D eigenvalue weighted by Gasteiger charge is -2.35. The first-order valence-corrected chi connectivity index (χ1v) is 17.2. The molecule has 2 aliphatic rings. The zero-order valence-corrected chi connectivity index (χ0v) is 26.7. The van der Waals surface area contributed by atoms with Gasteiger partial charge in [-0.25, -0.2) is 13.2 Å². The van der Waals surface area contributed by atoms with E-state index >= 15 is 4.39 Å². The molecule has 0 bridgehead atoms. The Kier molecular flexibility index (Phi) is 11.6. The maximum Gasteiger partial charge on any atom is 0.166 e. The Bertz CT molecular complexity index is 1420. The maximum atomic E-state index is 15.4. The van der Waals surface area contributed by atoms with Crippen molar-refractivity contribution in [3.63, 3.8) is 0 Å². The smallest absolute Gasteiger partial charge is 0.166 e. The number of halogens is 3. The molecule has 2 aliphatic carbocycles. The van der Waals surface area contributed by atoms with Gasteiger partial charge in [0.2, 0.25) is 0 Å². The number of hydrogen-bond acceptors (Lipinski definition) is 0. The molecule has 5 rings (SSSR count). The fourth-order valence-electron chi connectivity index (χ4n) is 7.42. The predicted octanol–water partition coefficient (Wildman–Crippen LogP) is 12.9. The van der Waals surface area contributed by atoms with E-state index in [0.717, 1.165) is 66.6 Å². The SMILES string of the molecule is CCCC=CCc1ccc(-c2ccc(-c3ccc(C4=CCC(C5CCC(CCCCC)CC5)CC4)c(F)c3)cc2)c(F)c1F. The van der Waals surface area contributed by atoms with Crippen molar-refractivity contribution in [2.45, 2.75) is 104 Å². The second-order valence-corrected chi connectivity index (χ2v) is 13.2. The van der Waals surface area contributed by atoms with Crippen molar-refractivity contribution in [1.82, 2.24) is 0 Å². The van der Waals surface area contributed by atoms with Gasteiger partial charge in [0, 0.05) is 11.1 Å². The van der Waals surface area contributed by atoms with Crippen LogP contribution in [-0.2, 0) is 6.42 Å². The minimum atomic E-state index is -0.826. The van der Waals surface area contributed by atoms with Crippen molar-refractivity contribution in [3.8, 4) is 22.3 Å². The Labute approximate surface area is 263 Å². The van der Waals surface area contributed by atoms with E-state index in [2.05, 4.69) is 19.9 Å². The zero-order valence-electron chi connectivity index (χ0n) is 26.7. The molecule has 3 heteroatoms. The van der Waals surface area contributed by atoms with E-state index in [4.69, 9.17) is 0 Å². The predicted molar refractivity (Wildman–Crippen MR) is 180 cm³/mol. The average Bonchev–Trinajstić information content (AvgIpc) is 3.06. The van der Waals surface area contributed by atoms with Crippen LogP contribution in [0.4, 0.5) is 13.2 Å². The molecule has 0 aliphatic heterocycles. The number of unbranched alkanes of at least 4 members (excludes halogenated alkanes) is 3. The highest BCUT2D eigenvalue weighted by Crippen LogP contribution is 2.43.